The molecule has 0 spiro atoms. The molecular formula is C15H17FN2O4. The van der Waals surface area contributed by atoms with E-state index < -0.39 is 29.5 Å². The Kier molecular flexibility index (Phi) is 4.75. The van der Waals surface area contributed by atoms with Crippen LogP contribution in [-0.4, -0.2) is 36.0 Å². The molecule has 0 saturated carbocycles. The minimum Gasteiger partial charge on any atom is -0.481 e. The summed E-state index contributed by atoms with van der Waals surface area (Å²) in [5.74, 6) is -3.77. The molecule has 1 heterocycles. The van der Waals surface area contributed by atoms with E-state index in [2.05, 4.69) is 5.32 Å². The van der Waals surface area contributed by atoms with Gasteiger partial charge in [0, 0.05) is 18.8 Å². The fourth-order valence-corrected chi connectivity index (χ4v) is 2.26. The van der Waals surface area contributed by atoms with E-state index in [-0.39, 0.29) is 12.5 Å². The molecule has 1 aromatic carbocycles. The number of hydrogen-bond acceptors (Lipinski definition) is 3. The molecular weight excluding hydrogens is 291 g/mol. The molecule has 1 saturated heterocycles. The molecule has 1 fully saturated rings. The average Bonchev–Trinajstić information content (AvgIpc) is 2.87. The highest BCUT2D eigenvalue weighted by atomic mass is 19.1. The van der Waals surface area contributed by atoms with Gasteiger partial charge in [-0.15, -0.1) is 0 Å². The van der Waals surface area contributed by atoms with Crippen molar-refractivity contribution in [2.45, 2.75) is 13.3 Å². The van der Waals surface area contributed by atoms with Crippen LogP contribution in [0.2, 0.25) is 0 Å². The summed E-state index contributed by atoms with van der Waals surface area (Å²) >= 11 is 0. The second-order valence-electron chi connectivity index (χ2n) is 5.29. The highest BCUT2D eigenvalue weighted by molar-refractivity contribution is 6.09. The number of anilines is 1. The van der Waals surface area contributed by atoms with Crippen LogP contribution in [0.1, 0.15) is 13.3 Å². The first kappa shape index (κ1) is 15.9. The van der Waals surface area contributed by atoms with Crippen molar-refractivity contribution < 1.29 is 23.9 Å². The molecule has 2 amide bonds. The largest absolute Gasteiger partial charge is 0.481 e. The van der Waals surface area contributed by atoms with E-state index in [4.69, 9.17) is 5.11 Å². The summed E-state index contributed by atoms with van der Waals surface area (Å²) in [7, 11) is 0. The first-order valence-electron chi connectivity index (χ1n) is 6.97. The smallest absolute Gasteiger partial charge is 0.308 e. The van der Waals surface area contributed by atoms with Crippen molar-refractivity contribution in [2.75, 3.05) is 18.0 Å². The molecule has 0 radical (unpaired) electrons. The molecule has 2 rings (SSSR count). The van der Waals surface area contributed by atoms with Crippen molar-refractivity contribution in [1.82, 2.24) is 5.32 Å². The molecule has 22 heavy (non-hydrogen) atoms. The molecule has 1 aliphatic rings. The van der Waals surface area contributed by atoms with Gasteiger partial charge >= 0.3 is 5.97 Å². The standard InChI is InChI=1S/C15H17FN2O4/c1-9(15(21)22)8-17-13(19)12-6-7-18(14(12)20)11-4-2-10(16)3-5-11/h2-5,9,12H,6-8H2,1H3,(H,17,19)(H,21,22). The first-order chi connectivity index (χ1) is 10.4. The van der Waals surface area contributed by atoms with Gasteiger partial charge in [0.1, 0.15) is 11.7 Å². The van der Waals surface area contributed by atoms with Crippen LogP contribution in [0.3, 0.4) is 0 Å². The van der Waals surface area contributed by atoms with E-state index >= 15 is 0 Å². The van der Waals surface area contributed by atoms with Crippen molar-refractivity contribution in [3.8, 4) is 0 Å². The predicted molar refractivity (Wildman–Crippen MR) is 76.7 cm³/mol. The molecule has 0 aromatic heterocycles. The fraction of sp³-hybridized carbons (Fsp3) is 0.400. The van der Waals surface area contributed by atoms with Crippen molar-refractivity contribution in [2.24, 2.45) is 11.8 Å². The molecule has 6 nitrogen and oxygen atoms in total. The van der Waals surface area contributed by atoms with Crippen LogP contribution in [0.5, 0.6) is 0 Å². The van der Waals surface area contributed by atoms with E-state index in [0.717, 1.165) is 0 Å². The number of carboxylic acid groups (broad SMARTS) is 1. The molecule has 2 atom stereocenters. The summed E-state index contributed by atoms with van der Waals surface area (Å²) in [5.41, 5.74) is 0.542. The molecule has 118 valence electrons. The Labute approximate surface area is 126 Å². The lowest BCUT2D eigenvalue weighted by Gasteiger charge is -2.17. The third-order valence-electron chi connectivity index (χ3n) is 3.66. The van der Waals surface area contributed by atoms with Crippen LogP contribution >= 0.6 is 0 Å². The van der Waals surface area contributed by atoms with Crippen LogP contribution < -0.4 is 10.2 Å². The van der Waals surface area contributed by atoms with Crippen LogP contribution in [0.15, 0.2) is 24.3 Å². The highest BCUT2D eigenvalue weighted by Crippen LogP contribution is 2.25. The van der Waals surface area contributed by atoms with Gasteiger partial charge in [0.25, 0.3) is 0 Å². The van der Waals surface area contributed by atoms with E-state index in [1.807, 2.05) is 0 Å². The number of rotatable bonds is 5. The number of hydrogen-bond donors (Lipinski definition) is 2. The van der Waals surface area contributed by atoms with Gasteiger partial charge < -0.3 is 15.3 Å². The summed E-state index contributed by atoms with van der Waals surface area (Å²) in [4.78, 5) is 36.4. The predicted octanol–water partition coefficient (Wildman–Crippen LogP) is 1.02. The van der Waals surface area contributed by atoms with Crippen molar-refractivity contribution in [1.29, 1.82) is 0 Å². The van der Waals surface area contributed by atoms with Crippen molar-refractivity contribution in [3.63, 3.8) is 0 Å². The molecule has 0 bridgehead atoms. The van der Waals surface area contributed by atoms with Crippen molar-refractivity contribution in [3.05, 3.63) is 30.1 Å². The maximum atomic E-state index is 12.9. The Hall–Kier alpha value is -2.44. The molecule has 2 N–H and O–H groups in total. The van der Waals surface area contributed by atoms with Crippen molar-refractivity contribution >= 4 is 23.5 Å². The topological polar surface area (TPSA) is 86.7 Å². The summed E-state index contributed by atoms with van der Waals surface area (Å²) in [6, 6.07) is 5.48. The Morgan fingerprint density at radius 1 is 1.41 bits per heavy atom. The lowest BCUT2D eigenvalue weighted by Crippen LogP contribution is -2.39. The number of amides is 2. The fourth-order valence-electron chi connectivity index (χ4n) is 2.26. The number of carboxylic acids is 1. The third kappa shape index (κ3) is 3.41. The zero-order chi connectivity index (χ0) is 16.3. The molecule has 0 aliphatic carbocycles. The van der Waals surface area contributed by atoms with Gasteiger partial charge in [-0.1, -0.05) is 6.92 Å². The number of carbonyl (C=O) groups excluding carboxylic acids is 2. The van der Waals surface area contributed by atoms with E-state index in [1.54, 1.807) is 0 Å². The maximum Gasteiger partial charge on any atom is 0.308 e. The molecule has 2 unspecified atom stereocenters. The number of carbonyl (C=O) groups is 3. The van der Waals surface area contributed by atoms with Gasteiger partial charge in [-0.3, -0.25) is 14.4 Å². The zero-order valence-corrected chi connectivity index (χ0v) is 12.1. The lowest BCUT2D eigenvalue weighted by atomic mass is 10.1. The van der Waals surface area contributed by atoms with Gasteiger partial charge in [0.2, 0.25) is 11.8 Å². The highest BCUT2D eigenvalue weighted by Gasteiger charge is 2.37. The third-order valence-corrected chi connectivity index (χ3v) is 3.66. The number of halogens is 1. The summed E-state index contributed by atoms with van der Waals surface area (Å²) in [6.07, 6.45) is 0.351. The summed E-state index contributed by atoms with van der Waals surface area (Å²) < 4.78 is 12.9. The Morgan fingerprint density at radius 2 is 2.05 bits per heavy atom. The van der Waals surface area contributed by atoms with Crippen LogP contribution in [0, 0.1) is 17.7 Å². The number of aliphatic carboxylic acids is 1. The molecule has 1 aromatic rings. The number of nitrogens with zero attached hydrogens (tertiary/aromatic N) is 1. The Balaban J connectivity index is 1.97. The zero-order valence-electron chi connectivity index (χ0n) is 12.1. The van der Waals surface area contributed by atoms with Gasteiger partial charge in [-0.05, 0) is 30.7 Å². The van der Waals surface area contributed by atoms with E-state index in [0.29, 0.717) is 18.7 Å². The van der Waals surface area contributed by atoms with Gasteiger partial charge in [-0.2, -0.15) is 0 Å². The number of benzene rings is 1. The SMILES string of the molecule is CC(CNC(=O)C1CCN(c2ccc(F)cc2)C1=O)C(=O)O. The Bertz CT molecular complexity index is 588. The summed E-state index contributed by atoms with van der Waals surface area (Å²) in [5, 5.41) is 11.3. The minimum atomic E-state index is -1.01. The molecule has 7 heteroatoms. The van der Waals surface area contributed by atoms with E-state index in [1.165, 1.54) is 36.1 Å². The van der Waals surface area contributed by atoms with E-state index in [9.17, 15) is 18.8 Å². The van der Waals surface area contributed by atoms with Gasteiger partial charge in [0.05, 0.1) is 5.92 Å². The second kappa shape index (κ2) is 6.55. The Morgan fingerprint density at radius 3 is 2.64 bits per heavy atom. The summed E-state index contributed by atoms with van der Waals surface area (Å²) in [6.45, 7) is 1.83. The second-order valence-corrected chi connectivity index (χ2v) is 5.29. The minimum absolute atomic E-state index is 0.0194. The molecule has 1 aliphatic heterocycles. The van der Waals surface area contributed by atoms with Crippen LogP contribution in [0.25, 0.3) is 0 Å². The quantitative estimate of drug-likeness (QED) is 0.795. The van der Waals surface area contributed by atoms with Crippen LogP contribution in [-0.2, 0) is 14.4 Å². The normalized spacial score (nSPS) is 19.1. The first-order valence-corrected chi connectivity index (χ1v) is 6.97. The van der Waals surface area contributed by atoms with Gasteiger partial charge in [0.15, 0.2) is 0 Å². The average molecular weight is 308 g/mol. The maximum absolute atomic E-state index is 12.9. The number of nitrogens with one attached hydrogen (secondary N) is 1. The van der Waals surface area contributed by atoms with Gasteiger partial charge in [-0.25, -0.2) is 4.39 Å². The monoisotopic (exact) mass is 308 g/mol. The van der Waals surface area contributed by atoms with Crippen LogP contribution in [0.4, 0.5) is 10.1 Å². The lowest BCUT2D eigenvalue weighted by molar-refractivity contribution is -0.141.